The Morgan fingerprint density at radius 1 is 1.23 bits per heavy atom. The first-order valence-corrected chi connectivity index (χ1v) is 6.74. The van der Waals surface area contributed by atoms with Crippen molar-refractivity contribution >= 4 is 11.5 Å². The van der Waals surface area contributed by atoms with Crippen LogP contribution in [0.25, 0.3) is 0 Å². The molecule has 2 aromatic rings. The van der Waals surface area contributed by atoms with Crippen LogP contribution >= 0.6 is 0 Å². The van der Waals surface area contributed by atoms with Crippen LogP contribution in [0.4, 0.5) is 5.69 Å². The summed E-state index contributed by atoms with van der Waals surface area (Å²) in [4.78, 5) is 22.4. The second-order valence-corrected chi connectivity index (χ2v) is 4.57. The number of nitro benzene ring substituents is 1. The molecule has 0 aromatic heterocycles. The van der Waals surface area contributed by atoms with Crippen molar-refractivity contribution in [3.8, 4) is 5.75 Å². The van der Waals surface area contributed by atoms with Crippen LogP contribution in [0.1, 0.15) is 22.8 Å². The Hall–Kier alpha value is -2.95. The van der Waals surface area contributed by atoms with E-state index < -0.39 is 10.7 Å². The highest BCUT2D eigenvalue weighted by Crippen LogP contribution is 2.25. The number of allylic oxidation sites excluding steroid dienone is 2. The molecule has 0 saturated heterocycles. The average molecular weight is 297 g/mol. The third-order valence-corrected chi connectivity index (χ3v) is 3.00. The molecule has 0 aliphatic rings. The first-order chi connectivity index (χ1) is 10.6. The van der Waals surface area contributed by atoms with Gasteiger partial charge in [-0.05, 0) is 30.7 Å². The summed E-state index contributed by atoms with van der Waals surface area (Å²) >= 11 is 0. The first-order valence-electron chi connectivity index (χ1n) is 6.74. The maximum atomic E-state index is 11.9. The van der Waals surface area contributed by atoms with E-state index in [2.05, 4.69) is 0 Å². The molecule has 22 heavy (non-hydrogen) atoms. The molecule has 0 spiro atoms. The molecule has 0 amide bonds. The lowest BCUT2D eigenvalue weighted by atomic mass is 10.1. The van der Waals surface area contributed by atoms with Crippen molar-refractivity contribution in [1.29, 1.82) is 0 Å². The summed E-state index contributed by atoms with van der Waals surface area (Å²) in [5.41, 5.74) is 0.769. The van der Waals surface area contributed by atoms with Crippen molar-refractivity contribution < 1.29 is 14.5 Å². The van der Waals surface area contributed by atoms with Gasteiger partial charge in [0.25, 0.3) is 5.69 Å². The van der Waals surface area contributed by atoms with Gasteiger partial charge in [-0.3, -0.25) is 14.9 Å². The van der Waals surface area contributed by atoms with E-state index in [1.807, 2.05) is 30.3 Å². The lowest BCUT2D eigenvalue weighted by Crippen LogP contribution is -2.03. The van der Waals surface area contributed by atoms with Crippen LogP contribution in [0.15, 0.2) is 60.7 Å². The normalized spacial score (nSPS) is 10.6. The molecule has 0 unspecified atom stereocenters. The van der Waals surface area contributed by atoms with Gasteiger partial charge in [-0.2, -0.15) is 0 Å². The minimum atomic E-state index is -0.572. The number of carbonyl (C=O) groups excluding carboxylic acids is 1. The van der Waals surface area contributed by atoms with Crippen molar-refractivity contribution in [2.45, 2.75) is 13.5 Å². The maximum absolute atomic E-state index is 11.9. The predicted molar refractivity (Wildman–Crippen MR) is 83.0 cm³/mol. The zero-order valence-electron chi connectivity index (χ0n) is 12.1. The van der Waals surface area contributed by atoms with Gasteiger partial charge in [0.1, 0.15) is 17.9 Å². The molecule has 0 aliphatic heterocycles. The summed E-state index contributed by atoms with van der Waals surface area (Å²) in [5.74, 6) is 0.00154. The van der Waals surface area contributed by atoms with Gasteiger partial charge in [0.2, 0.25) is 0 Å². The van der Waals surface area contributed by atoms with Crippen molar-refractivity contribution in [2.24, 2.45) is 0 Å². The highest BCUT2D eigenvalue weighted by molar-refractivity contribution is 6.07. The Balaban J connectivity index is 2.24. The number of nitrogens with zero attached hydrogens (tertiary/aromatic N) is 1. The molecule has 0 atom stereocenters. The van der Waals surface area contributed by atoms with E-state index in [4.69, 9.17) is 4.74 Å². The molecule has 0 radical (unpaired) electrons. The number of hydrogen-bond donors (Lipinski definition) is 0. The zero-order valence-corrected chi connectivity index (χ0v) is 12.1. The number of benzene rings is 2. The Labute approximate surface area is 128 Å². The largest absolute Gasteiger partial charge is 0.489 e. The van der Waals surface area contributed by atoms with Crippen LogP contribution in [0.2, 0.25) is 0 Å². The van der Waals surface area contributed by atoms with E-state index in [0.717, 1.165) is 5.56 Å². The molecule has 0 fully saturated rings. The number of carbonyl (C=O) groups is 1. The Kier molecular flexibility index (Phi) is 5.03. The standard InChI is InChI=1S/C17H15NO4/c1-2-6-17(19)15-11-14(9-10-16(15)18(20)21)22-12-13-7-4-3-5-8-13/h2-11H,12H2,1H3/b6-2-. The molecule has 0 aliphatic carbocycles. The lowest BCUT2D eigenvalue weighted by molar-refractivity contribution is -0.385. The summed E-state index contributed by atoms with van der Waals surface area (Å²) < 4.78 is 5.60. The molecule has 112 valence electrons. The molecule has 2 rings (SSSR count). The van der Waals surface area contributed by atoms with E-state index in [1.54, 1.807) is 13.0 Å². The highest BCUT2D eigenvalue weighted by atomic mass is 16.6. The summed E-state index contributed by atoms with van der Waals surface area (Å²) in [6, 6.07) is 13.7. The van der Waals surface area contributed by atoms with E-state index in [-0.39, 0.29) is 11.3 Å². The second-order valence-electron chi connectivity index (χ2n) is 4.57. The van der Waals surface area contributed by atoms with E-state index in [9.17, 15) is 14.9 Å². The Bertz CT molecular complexity index is 708. The molecule has 2 aromatic carbocycles. The molecule has 0 heterocycles. The monoisotopic (exact) mass is 297 g/mol. The van der Waals surface area contributed by atoms with Crippen molar-refractivity contribution in [3.63, 3.8) is 0 Å². The van der Waals surface area contributed by atoms with Crippen LogP contribution in [0.3, 0.4) is 0 Å². The second kappa shape index (κ2) is 7.17. The van der Waals surface area contributed by atoms with Gasteiger partial charge < -0.3 is 4.74 Å². The zero-order chi connectivity index (χ0) is 15.9. The maximum Gasteiger partial charge on any atom is 0.280 e. The number of rotatable bonds is 6. The van der Waals surface area contributed by atoms with E-state index in [1.165, 1.54) is 24.3 Å². The summed E-state index contributed by atoms with van der Waals surface area (Å²) in [6.45, 7) is 2.01. The fourth-order valence-corrected chi connectivity index (χ4v) is 1.94. The molecule has 0 N–H and O–H groups in total. The van der Waals surface area contributed by atoms with E-state index >= 15 is 0 Å². The molecule has 5 nitrogen and oxygen atoms in total. The highest BCUT2D eigenvalue weighted by Gasteiger charge is 2.19. The number of nitro groups is 1. The summed E-state index contributed by atoms with van der Waals surface area (Å²) in [7, 11) is 0. The SMILES string of the molecule is C/C=C\C(=O)c1cc(OCc2ccccc2)ccc1[N+](=O)[O-]. The topological polar surface area (TPSA) is 69.4 Å². The van der Waals surface area contributed by atoms with Crippen molar-refractivity contribution in [1.82, 2.24) is 0 Å². The van der Waals surface area contributed by atoms with Crippen molar-refractivity contribution in [3.05, 3.63) is 81.9 Å². The number of ketones is 1. The van der Waals surface area contributed by atoms with Crippen LogP contribution < -0.4 is 4.74 Å². The fourth-order valence-electron chi connectivity index (χ4n) is 1.94. The van der Waals surface area contributed by atoms with Gasteiger partial charge in [-0.1, -0.05) is 36.4 Å². The summed E-state index contributed by atoms with van der Waals surface area (Å²) in [6.07, 6.45) is 2.84. The van der Waals surface area contributed by atoms with Gasteiger partial charge in [0.15, 0.2) is 5.78 Å². The average Bonchev–Trinajstić information content (AvgIpc) is 2.53. The Morgan fingerprint density at radius 3 is 2.59 bits per heavy atom. The van der Waals surface area contributed by atoms with Crippen molar-refractivity contribution in [2.75, 3.05) is 0 Å². The van der Waals surface area contributed by atoms with Crippen LogP contribution in [-0.4, -0.2) is 10.7 Å². The van der Waals surface area contributed by atoms with Gasteiger partial charge in [-0.25, -0.2) is 0 Å². The molecule has 0 saturated carbocycles. The van der Waals surface area contributed by atoms with Crippen LogP contribution in [0, 0.1) is 10.1 Å². The third kappa shape index (κ3) is 3.79. The van der Waals surface area contributed by atoms with Gasteiger partial charge >= 0.3 is 0 Å². The summed E-state index contributed by atoms with van der Waals surface area (Å²) in [5, 5.41) is 11.0. The molecular weight excluding hydrogens is 282 g/mol. The molecular formula is C17H15NO4. The molecule has 0 bridgehead atoms. The fraction of sp³-hybridized carbons (Fsp3) is 0.118. The lowest BCUT2D eigenvalue weighted by Gasteiger charge is -2.07. The first kappa shape index (κ1) is 15.4. The van der Waals surface area contributed by atoms with Gasteiger partial charge in [0.05, 0.1) is 4.92 Å². The third-order valence-electron chi connectivity index (χ3n) is 3.00. The Morgan fingerprint density at radius 2 is 1.95 bits per heavy atom. The van der Waals surface area contributed by atoms with E-state index in [0.29, 0.717) is 12.4 Å². The number of hydrogen-bond acceptors (Lipinski definition) is 4. The quantitative estimate of drug-likeness (QED) is 0.350. The smallest absolute Gasteiger partial charge is 0.280 e. The predicted octanol–water partition coefficient (Wildman–Crippen LogP) is 3.93. The molecule has 5 heteroatoms. The minimum Gasteiger partial charge on any atom is -0.489 e. The van der Waals surface area contributed by atoms with Gasteiger partial charge in [-0.15, -0.1) is 0 Å². The number of ether oxygens (including phenoxy) is 1. The van der Waals surface area contributed by atoms with Gasteiger partial charge in [0, 0.05) is 6.07 Å². The van der Waals surface area contributed by atoms with Crippen LogP contribution in [0.5, 0.6) is 5.75 Å². The minimum absolute atomic E-state index is 0.0219. The van der Waals surface area contributed by atoms with Crippen LogP contribution in [-0.2, 0) is 6.61 Å².